The summed E-state index contributed by atoms with van der Waals surface area (Å²) in [6.07, 6.45) is -2.77. The van der Waals surface area contributed by atoms with E-state index in [4.69, 9.17) is 0 Å². The molecule has 1 aliphatic heterocycles. The van der Waals surface area contributed by atoms with Crippen molar-refractivity contribution in [1.82, 2.24) is 4.98 Å². The van der Waals surface area contributed by atoms with Crippen LogP contribution in [-0.4, -0.2) is 29.4 Å². The number of hydrogen-bond donors (Lipinski definition) is 1. The molecule has 112 valence electrons. The Morgan fingerprint density at radius 3 is 2.75 bits per heavy atom. The van der Waals surface area contributed by atoms with E-state index in [1.54, 1.807) is 17.0 Å². The van der Waals surface area contributed by atoms with E-state index >= 15 is 0 Å². The number of pyridine rings is 1. The van der Waals surface area contributed by atoms with E-state index in [0.29, 0.717) is 30.8 Å². The predicted octanol–water partition coefficient (Wildman–Crippen LogP) is 2.92. The molecule has 0 radical (unpaired) electrons. The van der Waals surface area contributed by atoms with Crippen LogP contribution in [0, 0.1) is 5.92 Å². The second-order valence-electron chi connectivity index (χ2n) is 5.16. The van der Waals surface area contributed by atoms with Crippen molar-refractivity contribution < 1.29 is 18.3 Å². The van der Waals surface area contributed by atoms with Crippen LogP contribution < -0.4 is 4.90 Å². The number of hydrogen-bond acceptors (Lipinski definition) is 3. The molecule has 6 heteroatoms. The Morgan fingerprint density at radius 2 is 2.15 bits per heavy atom. The number of halogens is 3. The minimum atomic E-state index is -4.15. The minimum Gasteiger partial charge on any atom is -0.392 e. The van der Waals surface area contributed by atoms with Crippen LogP contribution in [0.4, 0.5) is 19.0 Å². The van der Waals surface area contributed by atoms with E-state index in [1.165, 1.54) is 0 Å². The highest BCUT2D eigenvalue weighted by Gasteiger charge is 2.42. The largest absolute Gasteiger partial charge is 0.393 e. The first-order valence-electron chi connectivity index (χ1n) is 6.86. The third kappa shape index (κ3) is 3.42. The molecule has 1 saturated heterocycles. The summed E-state index contributed by atoms with van der Waals surface area (Å²) >= 11 is 0. The monoisotopic (exact) mass is 288 g/mol. The number of aliphatic hydroxyl groups is 1. The molecule has 0 amide bonds. The molecule has 20 heavy (non-hydrogen) atoms. The fourth-order valence-corrected chi connectivity index (χ4v) is 2.52. The van der Waals surface area contributed by atoms with Crippen LogP contribution in [0.15, 0.2) is 12.1 Å². The summed E-state index contributed by atoms with van der Waals surface area (Å²) < 4.78 is 38.5. The second-order valence-corrected chi connectivity index (χ2v) is 5.16. The van der Waals surface area contributed by atoms with Gasteiger partial charge in [-0.05, 0) is 37.0 Å². The molecule has 0 bridgehead atoms. The number of aryl methyl sites for hydroxylation is 1. The maximum absolute atomic E-state index is 12.8. The molecule has 0 aromatic carbocycles. The molecule has 2 rings (SSSR count). The molecular formula is C14H19F3N2O. The van der Waals surface area contributed by atoms with Gasteiger partial charge in [0.25, 0.3) is 0 Å². The fourth-order valence-electron chi connectivity index (χ4n) is 2.52. The Kier molecular flexibility index (Phi) is 4.52. The maximum atomic E-state index is 12.8. The molecule has 0 saturated carbocycles. The summed E-state index contributed by atoms with van der Waals surface area (Å²) in [5.41, 5.74) is 1.49. The van der Waals surface area contributed by atoms with Crippen molar-refractivity contribution >= 4 is 5.82 Å². The van der Waals surface area contributed by atoms with Crippen LogP contribution in [-0.2, 0) is 13.0 Å². The zero-order chi connectivity index (χ0) is 14.8. The highest BCUT2D eigenvalue weighted by Crippen LogP contribution is 2.34. The number of aliphatic hydroxyl groups excluding tert-OH is 1. The third-order valence-corrected chi connectivity index (χ3v) is 3.68. The van der Waals surface area contributed by atoms with Gasteiger partial charge in [0.05, 0.1) is 12.5 Å². The molecular weight excluding hydrogens is 269 g/mol. The van der Waals surface area contributed by atoms with Crippen LogP contribution >= 0.6 is 0 Å². The van der Waals surface area contributed by atoms with E-state index in [0.717, 1.165) is 5.69 Å². The van der Waals surface area contributed by atoms with Gasteiger partial charge in [-0.1, -0.05) is 6.92 Å². The topological polar surface area (TPSA) is 36.4 Å². The van der Waals surface area contributed by atoms with Crippen molar-refractivity contribution in [3.05, 3.63) is 23.4 Å². The molecule has 1 aromatic heterocycles. The van der Waals surface area contributed by atoms with E-state index < -0.39 is 12.1 Å². The lowest BCUT2D eigenvalue weighted by atomic mass is 9.97. The first-order chi connectivity index (χ1) is 9.44. The van der Waals surface area contributed by atoms with Crippen molar-refractivity contribution in [2.24, 2.45) is 5.92 Å². The Morgan fingerprint density at radius 1 is 1.40 bits per heavy atom. The summed E-state index contributed by atoms with van der Waals surface area (Å²) in [5, 5.41) is 9.24. The van der Waals surface area contributed by atoms with Crippen molar-refractivity contribution in [1.29, 1.82) is 0 Å². The van der Waals surface area contributed by atoms with E-state index in [1.807, 2.05) is 6.92 Å². The number of alkyl halides is 3. The van der Waals surface area contributed by atoms with E-state index in [2.05, 4.69) is 4.98 Å². The van der Waals surface area contributed by atoms with Gasteiger partial charge >= 0.3 is 6.18 Å². The average molecular weight is 288 g/mol. The zero-order valence-corrected chi connectivity index (χ0v) is 11.5. The normalized spacial score (nSPS) is 20.2. The fraction of sp³-hybridized carbons (Fsp3) is 0.643. The Balaban J connectivity index is 2.22. The van der Waals surface area contributed by atoms with Gasteiger partial charge in [0.15, 0.2) is 0 Å². The lowest BCUT2D eigenvalue weighted by Crippen LogP contribution is -2.42. The summed E-state index contributed by atoms with van der Waals surface area (Å²) in [5.74, 6) is -0.747. The molecule has 1 aliphatic rings. The van der Waals surface area contributed by atoms with Crippen LogP contribution in [0.1, 0.15) is 31.0 Å². The molecule has 0 spiro atoms. The van der Waals surface area contributed by atoms with Gasteiger partial charge in [0.1, 0.15) is 5.82 Å². The zero-order valence-electron chi connectivity index (χ0n) is 11.5. The Hall–Kier alpha value is -1.30. The molecule has 1 unspecified atom stereocenters. The van der Waals surface area contributed by atoms with Crippen molar-refractivity contribution in [2.45, 2.75) is 39.0 Å². The smallest absolute Gasteiger partial charge is 0.392 e. The standard InChI is InChI=1S/C14H19F3N2O/c1-2-12-6-10(9-20)7-13(18-12)19-5-3-4-11(8-19)14(15,16)17/h6-7,11,20H,2-5,8-9H2,1H3. The van der Waals surface area contributed by atoms with Gasteiger partial charge in [-0.2, -0.15) is 13.2 Å². The second kappa shape index (κ2) is 5.99. The lowest BCUT2D eigenvalue weighted by Gasteiger charge is -2.34. The summed E-state index contributed by atoms with van der Waals surface area (Å²) in [4.78, 5) is 6.07. The quantitative estimate of drug-likeness (QED) is 0.929. The van der Waals surface area contributed by atoms with Gasteiger partial charge < -0.3 is 10.0 Å². The average Bonchev–Trinajstić information content (AvgIpc) is 2.46. The van der Waals surface area contributed by atoms with E-state index in [9.17, 15) is 18.3 Å². The van der Waals surface area contributed by atoms with Crippen molar-refractivity contribution in [3.63, 3.8) is 0 Å². The SMILES string of the molecule is CCc1cc(CO)cc(N2CCCC(C(F)(F)F)C2)n1. The highest BCUT2D eigenvalue weighted by molar-refractivity contribution is 5.43. The molecule has 0 aliphatic carbocycles. The van der Waals surface area contributed by atoms with Crippen LogP contribution in [0.2, 0.25) is 0 Å². The first kappa shape index (κ1) is 15.1. The highest BCUT2D eigenvalue weighted by atomic mass is 19.4. The summed E-state index contributed by atoms with van der Waals surface area (Å²) in [6, 6.07) is 3.46. The van der Waals surface area contributed by atoms with Crippen molar-refractivity contribution in [2.75, 3.05) is 18.0 Å². The molecule has 3 nitrogen and oxygen atoms in total. The number of nitrogens with zero attached hydrogens (tertiary/aromatic N) is 2. The Bertz CT molecular complexity index is 440. The predicted molar refractivity (Wildman–Crippen MR) is 70.5 cm³/mol. The lowest BCUT2D eigenvalue weighted by molar-refractivity contribution is -0.176. The number of piperidine rings is 1. The van der Waals surface area contributed by atoms with Gasteiger partial charge in [-0.25, -0.2) is 4.98 Å². The number of anilines is 1. The summed E-state index contributed by atoms with van der Waals surface area (Å²) in [6.45, 7) is 2.34. The minimum absolute atomic E-state index is 0.0471. The first-order valence-corrected chi connectivity index (χ1v) is 6.86. The van der Waals surface area contributed by atoms with Gasteiger partial charge in [-0.15, -0.1) is 0 Å². The molecule has 2 heterocycles. The van der Waals surface area contributed by atoms with Crippen molar-refractivity contribution in [3.8, 4) is 0 Å². The van der Waals surface area contributed by atoms with E-state index in [-0.39, 0.29) is 19.6 Å². The van der Waals surface area contributed by atoms with Gasteiger partial charge in [0, 0.05) is 18.8 Å². The number of aromatic nitrogens is 1. The van der Waals surface area contributed by atoms with Gasteiger partial charge in [-0.3, -0.25) is 0 Å². The maximum Gasteiger partial charge on any atom is 0.393 e. The molecule has 1 N–H and O–H groups in total. The van der Waals surface area contributed by atoms with Gasteiger partial charge in [0.2, 0.25) is 0 Å². The third-order valence-electron chi connectivity index (χ3n) is 3.68. The van der Waals surface area contributed by atoms with Crippen LogP contribution in [0.5, 0.6) is 0 Å². The number of rotatable bonds is 3. The molecule has 1 fully saturated rings. The summed E-state index contributed by atoms with van der Waals surface area (Å²) in [7, 11) is 0. The molecule has 1 aromatic rings. The molecule has 1 atom stereocenters. The van der Waals surface area contributed by atoms with Crippen LogP contribution in [0.3, 0.4) is 0 Å². The van der Waals surface area contributed by atoms with Crippen LogP contribution in [0.25, 0.3) is 0 Å². The Labute approximate surface area is 116 Å².